The van der Waals surface area contributed by atoms with E-state index in [0.717, 1.165) is 12.3 Å². The third-order valence-electron chi connectivity index (χ3n) is 4.50. The molecule has 0 amide bonds. The van der Waals surface area contributed by atoms with Gasteiger partial charge in [0.1, 0.15) is 5.82 Å². The molecule has 0 aliphatic carbocycles. The summed E-state index contributed by atoms with van der Waals surface area (Å²) >= 11 is 1.98. The van der Waals surface area contributed by atoms with E-state index in [4.69, 9.17) is 5.26 Å². The molecule has 0 spiro atoms. The lowest BCUT2D eigenvalue weighted by Gasteiger charge is -2.30. The lowest BCUT2D eigenvalue weighted by Crippen LogP contribution is -2.34. The Labute approximate surface area is 182 Å². The van der Waals surface area contributed by atoms with Crippen molar-refractivity contribution in [3.8, 4) is 17.5 Å². The molecule has 152 valence electrons. The maximum atomic E-state index is 14.4. The summed E-state index contributed by atoms with van der Waals surface area (Å²) in [7, 11) is 1.20. The second-order valence-electron chi connectivity index (χ2n) is 7.54. The van der Waals surface area contributed by atoms with Crippen molar-refractivity contribution >= 4 is 47.0 Å². The van der Waals surface area contributed by atoms with Crippen LogP contribution >= 0.6 is 30.3 Å². The average Bonchev–Trinajstić information content (AvgIpc) is 3.01. The van der Waals surface area contributed by atoms with Gasteiger partial charge in [0.25, 0.3) is 0 Å². The van der Waals surface area contributed by atoms with Crippen LogP contribution in [-0.4, -0.2) is 20.0 Å². The molecule has 3 aromatic rings. The van der Waals surface area contributed by atoms with Crippen molar-refractivity contribution in [1.29, 1.82) is 5.26 Å². The van der Waals surface area contributed by atoms with Gasteiger partial charge in [-0.25, -0.2) is 23.1 Å². The van der Waals surface area contributed by atoms with Crippen molar-refractivity contribution in [3.05, 3.63) is 42.0 Å². The number of nitriles is 1. The highest BCUT2D eigenvalue weighted by Crippen LogP contribution is 2.36. The highest BCUT2D eigenvalue weighted by Gasteiger charge is 2.26. The van der Waals surface area contributed by atoms with Gasteiger partial charge >= 0.3 is 0 Å². The Kier molecular flexibility index (Phi) is 6.28. The summed E-state index contributed by atoms with van der Waals surface area (Å²) in [5, 5.41) is 12.4. The van der Waals surface area contributed by atoms with Crippen LogP contribution in [0.1, 0.15) is 27.2 Å². The van der Waals surface area contributed by atoms with Crippen LogP contribution in [0.5, 0.6) is 0 Å². The molecule has 1 unspecified atom stereocenters. The van der Waals surface area contributed by atoms with Gasteiger partial charge in [0.15, 0.2) is 23.3 Å². The Morgan fingerprint density at radius 3 is 2.62 bits per heavy atom. The number of hydrogen-bond acceptors (Lipinski definition) is 5. The van der Waals surface area contributed by atoms with E-state index in [1.54, 1.807) is 6.20 Å². The van der Waals surface area contributed by atoms with Gasteiger partial charge in [0.05, 0.1) is 24.2 Å². The monoisotopic (exact) mass is 531 g/mol. The standard InChI is InChI=1S/C19H17F3IN5S/c1-19(2,3)15(4-5-24)26-18-14(22)8-25-17(27-18)12-9-28(29-23)16-11(12)6-10(20)7-13(16)21/h6-9,15H,4H2,1-3H3,(H,25,26,27). The second-order valence-corrected chi connectivity index (χ2v) is 9.25. The Morgan fingerprint density at radius 2 is 2.00 bits per heavy atom. The molecule has 1 atom stereocenters. The molecule has 1 N–H and O–H groups in total. The third kappa shape index (κ3) is 4.45. The normalized spacial score (nSPS) is 12.8. The van der Waals surface area contributed by atoms with E-state index in [2.05, 4.69) is 21.4 Å². The van der Waals surface area contributed by atoms with Crippen LogP contribution in [0, 0.1) is 34.2 Å². The number of halogens is 4. The highest BCUT2D eigenvalue weighted by atomic mass is 127. The predicted molar refractivity (Wildman–Crippen MR) is 117 cm³/mol. The van der Waals surface area contributed by atoms with Crippen LogP contribution in [0.3, 0.4) is 0 Å². The lowest BCUT2D eigenvalue weighted by atomic mass is 9.85. The Balaban J connectivity index is 2.12. The van der Waals surface area contributed by atoms with Gasteiger partial charge < -0.3 is 5.32 Å². The fourth-order valence-electron chi connectivity index (χ4n) is 2.91. The Morgan fingerprint density at radius 1 is 1.28 bits per heavy atom. The fraction of sp³-hybridized carbons (Fsp3) is 0.316. The van der Waals surface area contributed by atoms with E-state index < -0.39 is 17.5 Å². The zero-order chi connectivity index (χ0) is 21.3. The van der Waals surface area contributed by atoms with Crippen LogP contribution in [0.15, 0.2) is 24.5 Å². The van der Waals surface area contributed by atoms with Gasteiger partial charge in [-0.15, -0.1) is 0 Å². The molecule has 0 fully saturated rings. The topological polar surface area (TPSA) is 66.5 Å². The maximum absolute atomic E-state index is 14.4. The maximum Gasteiger partial charge on any atom is 0.183 e. The van der Waals surface area contributed by atoms with Gasteiger partial charge in [-0.05, 0) is 11.5 Å². The quantitative estimate of drug-likeness (QED) is 0.403. The van der Waals surface area contributed by atoms with Gasteiger partial charge in [-0.2, -0.15) is 5.26 Å². The lowest BCUT2D eigenvalue weighted by molar-refractivity contribution is 0.342. The Hall–Kier alpha value is -2.00. The molecule has 2 heterocycles. The van der Waals surface area contributed by atoms with Crippen LogP contribution in [0.25, 0.3) is 22.3 Å². The van der Waals surface area contributed by atoms with Crippen molar-refractivity contribution < 1.29 is 13.2 Å². The number of aromatic nitrogens is 3. The summed E-state index contributed by atoms with van der Waals surface area (Å²) in [4.78, 5) is 8.28. The molecule has 10 heteroatoms. The number of rotatable bonds is 5. The molecule has 0 saturated heterocycles. The van der Waals surface area contributed by atoms with Gasteiger partial charge in [0.2, 0.25) is 0 Å². The molecule has 29 heavy (non-hydrogen) atoms. The summed E-state index contributed by atoms with van der Waals surface area (Å²) in [6, 6.07) is 3.74. The van der Waals surface area contributed by atoms with Crippen molar-refractivity contribution in [3.63, 3.8) is 0 Å². The first-order valence-electron chi connectivity index (χ1n) is 8.61. The highest BCUT2D eigenvalue weighted by molar-refractivity contribution is 14.2. The van der Waals surface area contributed by atoms with Gasteiger partial charge in [0, 0.05) is 59.6 Å². The molecule has 1 aromatic carbocycles. The van der Waals surface area contributed by atoms with Crippen LogP contribution in [-0.2, 0) is 0 Å². The first-order valence-corrected chi connectivity index (χ1v) is 11.9. The van der Waals surface area contributed by atoms with Gasteiger partial charge in [-0.3, -0.25) is 3.97 Å². The summed E-state index contributed by atoms with van der Waals surface area (Å²) in [5.41, 5.74) is 0.242. The van der Waals surface area contributed by atoms with Crippen molar-refractivity contribution in [2.75, 3.05) is 5.32 Å². The molecule has 0 bridgehead atoms. The molecule has 0 aliphatic heterocycles. The SMILES string of the molecule is CC(C)(C)C(CC#N)Nc1nc(-c2cn(SI)c3c(F)cc(F)cc23)ncc1F. The van der Waals surface area contributed by atoms with Crippen molar-refractivity contribution in [2.45, 2.75) is 33.2 Å². The zero-order valence-electron chi connectivity index (χ0n) is 15.8. The molecule has 0 aliphatic rings. The number of anilines is 1. The molecular weight excluding hydrogens is 514 g/mol. The number of nitrogens with one attached hydrogen (secondary N) is 1. The molecule has 0 radical (unpaired) electrons. The van der Waals surface area contributed by atoms with E-state index in [0.29, 0.717) is 5.56 Å². The average molecular weight is 531 g/mol. The van der Waals surface area contributed by atoms with Crippen LogP contribution in [0.4, 0.5) is 19.0 Å². The van der Waals surface area contributed by atoms with Gasteiger partial charge in [-0.1, -0.05) is 20.8 Å². The van der Waals surface area contributed by atoms with E-state index in [1.807, 2.05) is 42.0 Å². The van der Waals surface area contributed by atoms with Crippen LogP contribution in [0.2, 0.25) is 0 Å². The smallest absolute Gasteiger partial charge is 0.183 e. The summed E-state index contributed by atoms with van der Waals surface area (Å²) < 4.78 is 44.1. The first-order chi connectivity index (χ1) is 13.7. The number of benzene rings is 1. The van der Waals surface area contributed by atoms with Crippen molar-refractivity contribution in [2.24, 2.45) is 5.41 Å². The summed E-state index contributed by atoms with van der Waals surface area (Å²) in [6.07, 6.45) is 2.74. The van der Waals surface area contributed by atoms with E-state index in [-0.39, 0.29) is 40.4 Å². The van der Waals surface area contributed by atoms with Crippen molar-refractivity contribution in [1.82, 2.24) is 13.9 Å². The number of fused-ring (bicyclic) bond motifs is 1. The molecular formula is C19H17F3IN5S. The van der Waals surface area contributed by atoms with Crippen LogP contribution < -0.4 is 5.32 Å². The number of nitrogens with zero attached hydrogens (tertiary/aromatic N) is 4. The summed E-state index contributed by atoms with van der Waals surface area (Å²) in [6.45, 7) is 5.79. The minimum Gasteiger partial charge on any atom is -0.363 e. The number of hydrogen-bond donors (Lipinski definition) is 1. The minimum atomic E-state index is -0.727. The van der Waals surface area contributed by atoms with E-state index in [9.17, 15) is 13.2 Å². The predicted octanol–water partition coefficient (Wildman–Crippen LogP) is 6.10. The fourth-order valence-corrected chi connectivity index (χ4v) is 4.24. The minimum absolute atomic E-state index is 0.0647. The van der Waals surface area contributed by atoms with E-state index >= 15 is 0 Å². The summed E-state index contributed by atoms with van der Waals surface area (Å²) in [5.74, 6) is -2.06. The zero-order valence-corrected chi connectivity index (χ0v) is 18.8. The first kappa shape index (κ1) is 21.7. The van der Waals surface area contributed by atoms with E-state index in [1.165, 1.54) is 19.2 Å². The molecule has 0 saturated carbocycles. The largest absolute Gasteiger partial charge is 0.363 e. The molecule has 2 aromatic heterocycles. The second kappa shape index (κ2) is 8.39. The third-order valence-corrected chi connectivity index (χ3v) is 6.21. The Bertz CT molecular complexity index is 1100. The molecule has 3 rings (SSSR count). The molecule has 5 nitrogen and oxygen atoms in total.